The van der Waals surface area contributed by atoms with Crippen LogP contribution in [0.1, 0.15) is 6.92 Å². The lowest BCUT2D eigenvalue weighted by molar-refractivity contribution is -0.115. The summed E-state index contributed by atoms with van der Waals surface area (Å²) in [6.45, 7) is 2.86. The number of methoxy groups -OCH3 is 1. The van der Waals surface area contributed by atoms with E-state index >= 15 is 0 Å². The summed E-state index contributed by atoms with van der Waals surface area (Å²) < 4.78 is 4.90. The number of anilines is 2. The molecule has 1 heterocycles. The van der Waals surface area contributed by atoms with Crippen LogP contribution in [-0.2, 0) is 14.3 Å². The number of amides is 2. The predicted molar refractivity (Wildman–Crippen MR) is 102 cm³/mol. The van der Waals surface area contributed by atoms with E-state index in [4.69, 9.17) is 4.74 Å². The molecule has 0 saturated heterocycles. The van der Waals surface area contributed by atoms with Crippen molar-refractivity contribution in [2.24, 2.45) is 0 Å². The predicted octanol–water partition coefficient (Wildman–Crippen LogP) is 2.36. The number of hydrogen-bond acceptors (Lipinski definition) is 6. The molecular weight excluding hydrogens is 364 g/mol. The summed E-state index contributed by atoms with van der Waals surface area (Å²) in [5, 5.41) is 10.9. The van der Waals surface area contributed by atoms with Crippen molar-refractivity contribution in [2.75, 3.05) is 37.4 Å². The highest BCUT2D eigenvalue weighted by Gasteiger charge is 2.08. The van der Waals surface area contributed by atoms with Crippen LogP contribution in [0.2, 0.25) is 0 Å². The maximum absolute atomic E-state index is 11.8. The van der Waals surface area contributed by atoms with Gasteiger partial charge < -0.3 is 20.7 Å². The number of aromatic nitrogens is 1. The number of benzene rings is 1. The molecule has 0 saturated carbocycles. The first-order chi connectivity index (χ1) is 11.6. The van der Waals surface area contributed by atoms with Gasteiger partial charge in [-0.15, -0.1) is 23.7 Å². The van der Waals surface area contributed by atoms with E-state index in [1.165, 1.54) is 18.3 Å². The first-order valence-corrected chi connectivity index (χ1v) is 8.29. The second kappa shape index (κ2) is 10.8. The highest BCUT2D eigenvalue weighted by Crippen LogP contribution is 2.25. The smallest absolute Gasteiger partial charge is 0.240 e. The van der Waals surface area contributed by atoms with E-state index in [0.717, 1.165) is 16.9 Å². The molecule has 2 rings (SSSR count). The van der Waals surface area contributed by atoms with Crippen molar-refractivity contribution < 1.29 is 14.3 Å². The molecule has 0 aliphatic heterocycles. The molecule has 0 aliphatic rings. The van der Waals surface area contributed by atoms with Crippen LogP contribution in [0.5, 0.6) is 0 Å². The van der Waals surface area contributed by atoms with Crippen LogP contribution in [0.15, 0.2) is 29.6 Å². The fourth-order valence-electron chi connectivity index (χ4n) is 1.93. The minimum absolute atomic E-state index is 0. The number of nitrogens with zero attached hydrogens (tertiary/aromatic N) is 1. The summed E-state index contributed by atoms with van der Waals surface area (Å²) in [5.74, 6) is -0.256. The van der Waals surface area contributed by atoms with Crippen molar-refractivity contribution in [2.45, 2.75) is 6.92 Å². The van der Waals surface area contributed by atoms with Gasteiger partial charge in [-0.1, -0.05) is 12.1 Å². The molecule has 136 valence electrons. The second-order valence-corrected chi connectivity index (χ2v) is 5.87. The average Bonchev–Trinajstić information content (AvgIpc) is 3.00. The van der Waals surface area contributed by atoms with Gasteiger partial charge in [0.25, 0.3) is 0 Å². The Morgan fingerprint density at radius 2 is 1.92 bits per heavy atom. The molecule has 0 aliphatic carbocycles. The van der Waals surface area contributed by atoms with E-state index in [2.05, 4.69) is 20.9 Å². The summed E-state index contributed by atoms with van der Waals surface area (Å²) in [5.41, 5.74) is 2.42. The first kappa shape index (κ1) is 21.0. The molecule has 0 radical (unpaired) electrons. The molecule has 0 fully saturated rings. The van der Waals surface area contributed by atoms with Gasteiger partial charge in [-0.05, 0) is 12.1 Å². The van der Waals surface area contributed by atoms with Gasteiger partial charge in [0.1, 0.15) is 0 Å². The normalized spacial score (nSPS) is 10.0. The average molecular weight is 385 g/mol. The van der Waals surface area contributed by atoms with Crippen LogP contribution in [-0.4, -0.2) is 43.6 Å². The number of halogens is 1. The van der Waals surface area contributed by atoms with Gasteiger partial charge in [-0.25, -0.2) is 4.98 Å². The number of carbonyl (C=O) groups excluding carboxylic acids is 2. The zero-order valence-corrected chi connectivity index (χ0v) is 15.6. The van der Waals surface area contributed by atoms with Gasteiger partial charge in [-0.2, -0.15) is 0 Å². The van der Waals surface area contributed by atoms with Gasteiger partial charge in [0.2, 0.25) is 11.8 Å². The monoisotopic (exact) mass is 384 g/mol. The van der Waals surface area contributed by atoms with E-state index in [-0.39, 0.29) is 30.8 Å². The van der Waals surface area contributed by atoms with E-state index < -0.39 is 0 Å². The lowest BCUT2D eigenvalue weighted by Crippen LogP contribution is -2.30. The summed E-state index contributed by atoms with van der Waals surface area (Å²) in [4.78, 5) is 27.2. The summed E-state index contributed by atoms with van der Waals surface area (Å²) in [6, 6.07) is 7.37. The largest absolute Gasteiger partial charge is 0.383 e. The Hall–Kier alpha value is -2.00. The van der Waals surface area contributed by atoms with Crippen molar-refractivity contribution in [1.29, 1.82) is 0 Å². The molecule has 0 bridgehead atoms. The van der Waals surface area contributed by atoms with Crippen LogP contribution >= 0.6 is 23.7 Å². The number of hydrogen-bond donors (Lipinski definition) is 3. The number of carbonyl (C=O) groups is 2. The Labute approximate surface area is 156 Å². The molecule has 1 aromatic carbocycles. The summed E-state index contributed by atoms with van der Waals surface area (Å²) in [7, 11) is 1.61. The van der Waals surface area contributed by atoms with E-state index in [1.807, 2.05) is 29.6 Å². The van der Waals surface area contributed by atoms with Crippen LogP contribution in [0.3, 0.4) is 0 Å². The Morgan fingerprint density at radius 1 is 1.20 bits per heavy atom. The highest BCUT2D eigenvalue weighted by molar-refractivity contribution is 7.14. The zero-order chi connectivity index (χ0) is 17.4. The van der Waals surface area contributed by atoms with Crippen molar-refractivity contribution in [3.8, 4) is 11.3 Å². The minimum atomic E-state index is -0.145. The Kier molecular flexibility index (Phi) is 9.07. The Morgan fingerprint density at radius 3 is 2.56 bits per heavy atom. The van der Waals surface area contributed by atoms with Crippen LogP contribution < -0.4 is 16.0 Å². The molecule has 2 amide bonds. The molecule has 0 spiro atoms. The molecule has 9 heteroatoms. The fourth-order valence-corrected chi connectivity index (χ4v) is 2.67. The van der Waals surface area contributed by atoms with Crippen molar-refractivity contribution in [3.63, 3.8) is 0 Å². The van der Waals surface area contributed by atoms with E-state index in [0.29, 0.717) is 18.3 Å². The molecule has 0 unspecified atom stereocenters. The van der Waals surface area contributed by atoms with Crippen molar-refractivity contribution >= 4 is 46.4 Å². The lowest BCUT2D eigenvalue weighted by Gasteiger charge is -2.04. The van der Waals surface area contributed by atoms with Gasteiger partial charge in [0.15, 0.2) is 5.13 Å². The van der Waals surface area contributed by atoms with Gasteiger partial charge in [0, 0.05) is 37.2 Å². The SMILES string of the molecule is COCCNCC(=O)Nc1nc(-c2ccc(NC(C)=O)cc2)cs1.Cl. The molecule has 7 nitrogen and oxygen atoms in total. The quantitative estimate of drug-likeness (QED) is 0.607. The molecule has 0 atom stereocenters. The molecule has 1 aromatic heterocycles. The molecule has 25 heavy (non-hydrogen) atoms. The standard InChI is InChI=1S/C16H20N4O3S.ClH/c1-11(21)18-13-5-3-12(4-6-13)14-10-24-16(19-14)20-15(22)9-17-7-8-23-2;/h3-6,10,17H,7-9H2,1-2H3,(H,18,21)(H,19,20,22);1H. The molecule has 2 aromatic rings. The van der Waals surface area contributed by atoms with E-state index in [1.54, 1.807) is 7.11 Å². The van der Waals surface area contributed by atoms with Gasteiger partial charge in [-0.3, -0.25) is 9.59 Å². The zero-order valence-electron chi connectivity index (χ0n) is 14.0. The number of nitrogens with one attached hydrogen (secondary N) is 3. The third-order valence-electron chi connectivity index (χ3n) is 3.02. The number of ether oxygens (including phenoxy) is 1. The van der Waals surface area contributed by atoms with E-state index in [9.17, 15) is 9.59 Å². The Balaban J connectivity index is 0.00000312. The van der Waals surface area contributed by atoms with Gasteiger partial charge in [0.05, 0.1) is 18.8 Å². The van der Waals surface area contributed by atoms with Crippen LogP contribution in [0.25, 0.3) is 11.3 Å². The third kappa shape index (κ3) is 7.18. The number of rotatable bonds is 8. The molecular formula is C16H21ClN4O3S. The van der Waals surface area contributed by atoms with Crippen LogP contribution in [0, 0.1) is 0 Å². The maximum atomic E-state index is 11.8. The van der Waals surface area contributed by atoms with Gasteiger partial charge >= 0.3 is 0 Å². The topological polar surface area (TPSA) is 92.3 Å². The Bertz CT molecular complexity index is 691. The van der Waals surface area contributed by atoms with Crippen molar-refractivity contribution in [3.05, 3.63) is 29.6 Å². The highest BCUT2D eigenvalue weighted by atomic mass is 35.5. The first-order valence-electron chi connectivity index (χ1n) is 7.41. The van der Waals surface area contributed by atoms with Crippen LogP contribution in [0.4, 0.5) is 10.8 Å². The second-order valence-electron chi connectivity index (χ2n) is 5.01. The third-order valence-corrected chi connectivity index (χ3v) is 3.78. The number of thiazole rings is 1. The maximum Gasteiger partial charge on any atom is 0.240 e. The minimum Gasteiger partial charge on any atom is -0.383 e. The fraction of sp³-hybridized carbons (Fsp3) is 0.312. The lowest BCUT2D eigenvalue weighted by atomic mass is 10.1. The summed E-state index contributed by atoms with van der Waals surface area (Å²) >= 11 is 1.37. The van der Waals surface area contributed by atoms with Crippen molar-refractivity contribution in [1.82, 2.24) is 10.3 Å². The molecule has 3 N–H and O–H groups in total. The summed E-state index contributed by atoms with van der Waals surface area (Å²) in [6.07, 6.45) is 0.